The van der Waals surface area contributed by atoms with Gasteiger partial charge in [0.25, 0.3) is 0 Å². The van der Waals surface area contributed by atoms with Gasteiger partial charge in [-0.15, -0.1) is 0 Å². The molecule has 0 radical (unpaired) electrons. The summed E-state index contributed by atoms with van der Waals surface area (Å²) in [7, 11) is 0. The number of hydrogen-bond acceptors (Lipinski definition) is 4. The highest BCUT2D eigenvalue weighted by Crippen LogP contribution is 1.90. The molecule has 13 heavy (non-hydrogen) atoms. The molecule has 3 N–H and O–H groups in total. The molecule has 5 nitrogen and oxygen atoms in total. The molecular weight excluding hydrogens is 168 g/mol. The molecule has 1 amide bonds. The highest BCUT2D eigenvalue weighted by atomic mass is 16.1. The van der Waals surface area contributed by atoms with Crippen molar-refractivity contribution >= 4 is 5.91 Å². The summed E-state index contributed by atoms with van der Waals surface area (Å²) in [5, 5.41) is 2.65. The lowest BCUT2D eigenvalue weighted by atomic mass is 10.3. The summed E-state index contributed by atoms with van der Waals surface area (Å²) in [6.45, 7) is 0.950. The molecule has 1 aromatic rings. The Hall–Kier alpha value is -1.49. The molecule has 0 fully saturated rings. The third kappa shape index (κ3) is 3.62. The van der Waals surface area contributed by atoms with E-state index in [0.29, 0.717) is 18.8 Å². The van der Waals surface area contributed by atoms with Crippen molar-refractivity contribution in [2.45, 2.75) is 6.42 Å². The molecule has 5 heteroatoms. The molecule has 70 valence electrons. The first-order valence-electron chi connectivity index (χ1n) is 4.04. The van der Waals surface area contributed by atoms with Crippen LogP contribution < -0.4 is 11.1 Å². The minimum absolute atomic E-state index is 0.0778. The van der Waals surface area contributed by atoms with Crippen molar-refractivity contribution in [3.05, 3.63) is 24.3 Å². The summed E-state index contributed by atoms with van der Waals surface area (Å²) in [6.07, 6.45) is 4.96. The zero-order valence-corrected chi connectivity index (χ0v) is 7.23. The maximum Gasteiger partial charge on any atom is 0.226 e. The Morgan fingerprint density at radius 2 is 2.38 bits per heavy atom. The first-order chi connectivity index (χ1) is 6.33. The van der Waals surface area contributed by atoms with Gasteiger partial charge in [-0.1, -0.05) is 0 Å². The van der Waals surface area contributed by atoms with E-state index in [-0.39, 0.29) is 12.3 Å². The minimum atomic E-state index is -0.0778. The molecular formula is C8H12N4O. The van der Waals surface area contributed by atoms with Crippen LogP contribution >= 0.6 is 0 Å². The van der Waals surface area contributed by atoms with Gasteiger partial charge in [-0.3, -0.25) is 14.8 Å². The third-order valence-electron chi connectivity index (χ3n) is 1.42. The second-order valence-electron chi connectivity index (χ2n) is 2.51. The molecule has 1 heterocycles. The number of aromatic nitrogens is 2. The summed E-state index contributed by atoms with van der Waals surface area (Å²) in [4.78, 5) is 19.0. The largest absolute Gasteiger partial charge is 0.354 e. The number of hydrogen-bond donors (Lipinski definition) is 2. The smallest absolute Gasteiger partial charge is 0.226 e. The zero-order valence-electron chi connectivity index (χ0n) is 7.23. The Kier molecular flexibility index (Phi) is 3.84. The first-order valence-corrected chi connectivity index (χ1v) is 4.04. The van der Waals surface area contributed by atoms with Crippen molar-refractivity contribution in [2.75, 3.05) is 13.1 Å². The molecule has 0 spiro atoms. The van der Waals surface area contributed by atoms with Crippen LogP contribution in [0.25, 0.3) is 0 Å². The van der Waals surface area contributed by atoms with Gasteiger partial charge in [-0.05, 0) is 0 Å². The van der Waals surface area contributed by atoms with Gasteiger partial charge in [0.05, 0.1) is 12.1 Å². The molecule has 0 aliphatic rings. The molecule has 0 aliphatic carbocycles. The number of amides is 1. The molecule has 0 aromatic carbocycles. The maximum atomic E-state index is 11.1. The highest BCUT2D eigenvalue weighted by molar-refractivity contribution is 5.77. The fourth-order valence-electron chi connectivity index (χ4n) is 0.860. The van der Waals surface area contributed by atoms with Crippen LogP contribution in [0.1, 0.15) is 5.69 Å². The van der Waals surface area contributed by atoms with Gasteiger partial charge in [0, 0.05) is 31.7 Å². The third-order valence-corrected chi connectivity index (χ3v) is 1.42. The average Bonchev–Trinajstić information content (AvgIpc) is 2.16. The van der Waals surface area contributed by atoms with E-state index in [2.05, 4.69) is 15.3 Å². The van der Waals surface area contributed by atoms with Gasteiger partial charge in [-0.2, -0.15) is 0 Å². The Balaban J connectivity index is 2.37. The van der Waals surface area contributed by atoms with E-state index in [4.69, 9.17) is 5.73 Å². The number of nitrogens with zero attached hydrogens (tertiary/aromatic N) is 2. The van der Waals surface area contributed by atoms with E-state index < -0.39 is 0 Å². The van der Waals surface area contributed by atoms with Crippen LogP contribution in [-0.2, 0) is 11.2 Å². The lowest BCUT2D eigenvalue weighted by molar-refractivity contribution is -0.120. The van der Waals surface area contributed by atoms with Crippen LogP contribution in [-0.4, -0.2) is 29.0 Å². The predicted molar refractivity (Wildman–Crippen MR) is 47.8 cm³/mol. The molecule has 1 rings (SSSR count). The van der Waals surface area contributed by atoms with E-state index in [0.717, 1.165) is 0 Å². The fourth-order valence-corrected chi connectivity index (χ4v) is 0.860. The molecule has 0 aliphatic heterocycles. The van der Waals surface area contributed by atoms with Crippen LogP contribution in [0.5, 0.6) is 0 Å². The van der Waals surface area contributed by atoms with Crippen LogP contribution in [0.15, 0.2) is 18.6 Å². The fraction of sp³-hybridized carbons (Fsp3) is 0.375. The summed E-state index contributed by atoms with van der Waals surface area (Å²) in [5.74, 6) is -0.0778. The van der Waals surface area contributed by atoms with E-state index in [1.165, 1.54) is 0 Å². The van der Waals surface area contributed by atoms with Gasteiger partial charge in [-0.25, -0.2) is 0 Å². The Labute approximate surface area is 76.4 Å². The van der Waals surface area contributed by atoms with Crippen LogP contribution in [0.4, 0.5) is 0 Å². The van der Waals surface area contributed by atoms with Gasteiger partial charge >= 0.3 is 0 Å². The number of nitrogens with one attached hydrogen (secondary N) is 1. The second kappa shape index (κ2) is 5.21. The lowest BCUT2D eigenvalue weighted by Crippen LogP contribution is -2.30. The van der Waals surface area contributed by atoms with Crippen molar-refractivity contribution < 1.29 is 4.79 Å². The average molecular weight is 180 g/mol. The highest BCUT2D eigenvalue weighted by Gasteiger charge is 2.02. The van der Waals surface area contributed by atoms with Crippen LogP contribution in [0.2, 0.25) is 0 Å². The Bertz CT molecular complexity index is 262. The number of carbonyl (C=O) groups excluding carboxylic acids is 1. The first kappa shape index (κ1) is 9.60. The standard InChI is InChI=1S/C8H12N4O/c9-1-2-12-8(13)5-7-6-10-3-4-11-7/h3-4,6H,1-2,5,9H2,(H,12,13). The number of nitrogens with two attached hydrogens (primary N) is 1. The minimum Gasteiger partial charge on any atom is -0.354 e. The van der Waals surface area contributed by atoms with Gasteiger partial charge in [0.2, 0.25) is 5.91 Å². The van der Waals surface area contributed by atoms with Gasteiger partial charge < -0.3 is 11.1 Å². The Morgan fingerprint density at radius 1 is 1.54 bits per heavy atom. The summed E-state index contributed by atoms with van der Waals surface area (Å²) >= 11 is 0. The van der Waals surface area contributed by atoms with Gasteiger partial charge in [0.15, 0.2) is 0 Å². The Morgan fingerprint density at radius 3 is 3.00 bits per heavy atom. The molecule has 0 saturated carbocycles. The number of rotatable bonds is 4. The van der Waals surface area contributed by atoms with Crippen molar-refractivity contribution in [3.8, 4) is 0 Å². The number of carbonyl (C=O) groups is 1. The van der Waals surface area contributed by atoms with E-state index in [1.807, 2.05) is 0 Å². The van der Waals surface area contributed by atoms with E-state index in [9.17, 15) is 4.79 Å². The maximum absolute atomic E-state index is 11.1. The summed E-state index contributed by atoms with van der Waals surface area (Å²) in [6, 6.07) is 0. The normalized spacial score (nSPS) is 9.62. The van der Waals surface area contributed by atoms with Crippen LogP contribution in [0, 0.1) is 0 Å². The SMILES string of the molecule is NCCNC(=O)Cc1cnccn1. The molecule has 1 aromatic heterocycles. The summed E-state index contributed by atoms with van der Waals surface area (Å²) < 4.78 is 0. The van der Waals surface area contributed by atoms with Crippen molar-refractivity contribution in [1.29, 1.82) is 0 Å². The lowest BCUT2D eigenvalue weighted by Gasteiger charge is -2.01. The monoisotopic (exact) mass is 180 g/mol. The van der Waals surface area contributed by atoms with Crippen molar-refractivity contribution in [1.82, 2.24) is 15.3 Å². The predicted octanol–water partition coefficient (Wildman–Crippen LogP) is -0.906. The topological polar surface area (TPSA) is 80.9 Å². The summed E-state index contributed by atoms with van der Waals surface area (Å²) in [5.41, 5.74) is 5.89. The molecule has 0 atom stereocenters. The van der Waals surface area contributed by atoms with Crippen molar-refractivity contribution in [3.63, 3.8) is 0 Å². The molecule has 0 unspecified atom stereocenters. The second-order valence-corrected chi connectivity index (χ2v) is 2.51. The quantitative estimate of drug-likeness (QED) is 0.628. The van der Waals surface area contributed by atoms with Crippen LogP contribution in [0.3, 0.4) is 0 Å². The molecule has 0 saturated heterocycles. The van der Waals surface area contributed by atoms with Gasteiger partial charge in [0.1, 0.15) is 0 Å². The van der Waals surface area contributed by atoms with E-state index >= 15 is 0 Å². The van der Waals surface area contributed by atoms with Crippen molar-refractivity contribution in [2.24, 2.45) is 5.73 Å². The zero-order chi connectivity index (χ0) is 9.52. The van der Waals surface area contributed by atoms with E-state index in [1.54, 1.807) is 18.6 Å². The molecule has 0 bridgehead atoms.